The first-order valence-electron chi connectivity index (χ1n) is 6.09. The Labute approximate surface area is 101 Å². The van der Waals surface area contributed by atoms with Crippen LogP contribution in [0.3, 0.4) is 0 Å². The van der Waals surface area contributed by atoms with Gasteiger partial charge in [0.05, 0.1) is 0 Å². The van der Waals surface area contributed by atoms with Crippen molar-refractivity contribution in [2.75, 3.05) is 13.1 Å². The lowest BCUT2D eigenvalue weighted by Crippen LogP contribution is -2.34. The summed E-state index contributed by atoms with van der Waals surface area (Å²) in [6.07, 6.45) is 9.87. The number of amidine groups is 1. The number of nitrogens with zero attached hydrogens (tertiary/aromatic N) is 4. The molecule has 1 saturated heterocycles. The topological polar surface area (TPSA) is 59.4 Å². The molecule has 0 bridgehead atoms. The molecule has 5 heteroatoms. The fraction of sp³-hybridized carbons (Fsp3) is 0.500. The van der Waals surface area contributed by atoms with Gasteiger partial charge in [0.2, 0.25) is 0 Å². The van der Waals surface area contributed by atoms with Crippen molar-refractivity contribution in [2.45, 2.75) is 25.4 Å². The number of likely N-dealkylation sites (tertiary alicyclic amines) is 1. The van der Waals surface area contributed by atoms with Gasteiger partial charge in [-0.25, -0.2) is 9.98 Å². The lowest BCUT2D eigenvalue weighted by atomic mass is 10.3. The number of imidazole rings is 1. The molecule has 0 spiro atoms. The van der Waals surface area contributed by atoms with Crippen LogP contribution in [-0.2, 0) is 6.54 Å². The molecule has 17 heavy (non-hydrogen) atoms. The van der Waals surface area contributed by atoms with E-state index in [1.165, 1.54) is 0 Å². The number of rotatable bonds is 0. The Kier molecular flexibility index (Phi) is 2.68. The molecule has 0 saturated carbocycles. The molecule has 1 unspecified atom stereocenters. The maximum absolute atomic E-state index is 5.96. The summed E-state index contributed by atoms with van der Waals surface area (Å²) < 4.78 is 2.16. The first kappa shape index (κ1) is 10.5. The summed E-state index contributed by atoms with van der Waals surface area (Å²) in [5.74, 6) is 1.92. The van der Waals surface area contributed by atoms with Gasteiger partial charge in [-0.15, -0.1) is 0 Å². The van der Waals surface area contributed by atoms with Crippen LogP contribution >= 0.6 is 0 Å². The third kappa shape index (κ3) is 1.98. The van der Waals surface area contributed by atoms with E-state index in [0.29, 0.717) is 0 Å². The maximum atomic E-state index is 5.96. The molecule has 2 aliphatic rings. The molecule has 0 amide bonds. The highest BCUT2D eigenvalue weighted by molar-refractivity contribution is 5.96. The fourth-order valence-electron chi connectivity index (χ4n) is 2.37. The van der Waals surface area contributed by atoms with Gasteiger partial charge in [-0.2, -0.15) is 0 Å². The van der Waals surface area contributed by atoms with E-state index < -0.39 is 0 Å². The lowest BCUT2D eigenvalue weighted by molar-refractivity contribution is 0.502. The number of aromatic nitrogens is 2. The van der Waals surface area contributed by atoms with Crippen LogP contribution < -0.4 is 5.73 Å². The molecular formula is C12H17N5. The zero-order valence-electron chi connectivity index (χ0n) is 9.79. The minimum Gasteiger partial charge on any atom is -0.352 e. The maximum Gasteiger partial charge on any atom is 0.176 e. The summed E-state index contributed by atoms with van der Waals surface area (Å²) in [5, 5.41) is 0. The molecule has 1 fully saturated rings. The Hall–Kier alpha value is -1.62. The van der Waals surface area contributed by atoms with Gasteiger partial charge in [-0.3, -0.25) is 0 Å². The number of hydrogen-bond donors (Lipinski definition) is 1. The van der Waals surface area contributed by atoms with Gasteiger partial charge >= 0.3 is 0 Å². The Balaban J connectivity index is 1.96. The Morgan fingerprint density at radius 1 is 1.35 bits per heavy atom. The minimum absolute atomic E-state index is 0.260. The third-order valence-electron chi connectivity index (χ3n) is 3.28. The summed E-state index contributed by atoms with van der Waals surface area (Å²) >= 11 is 0. The highest BCUT2D eigenvalue weighted by atomic mass is 15.3. The van der Waals surface area contributed by atoms with Crippen LogP contribution in [0.25, 0.3) is 0 Å². The van der Waals surface area contributed by atoms with Crippen molar-refractivity contribution in [3.63, 3.8) is 0 Å². The minimum atomic E-state index is 0.260. The molecule has 1 aromatic heterocycles. The second-order valence-electron chi connectivity index (χ2n) is 4.57. The van der Waals surface area contributed by atoms with Gasteiger partial charge in [0, 0.05) is 44.3 Å². The smallest absolute Gasteiger partial charge is 0.176 e. The molecule has 90 valence electrons. The first-order chi connectivity index (χ1) is 8.34. The number of nitrogens with two attached hydrogens (primary N) is 1. The fourth-order valence-corrected chi connectivity index (χ4v) is 2.37. The van der Waals surface area contributed by atoms with Crippen LogP contribution in [0, 0.1) is 0 Å². The van der Waals surface area contributed by atoms with Crippen molar-refractivity contribution >= 4 is 5.84 Å². The molecule has 2 N–H and O–H groups in total. The summed E-state index contributed by atoms with van der Waals surface area (Å²) in [6.45, 7) is 2.81. The molecule has 2 aliphatic heterocycles. The van der Waals surface area contributed by atoms with Crippen LogP contribution in [0.2, 0.25) is 0 Å². The standard InChI is InChI=1S/C12H17N5/c13-10-3-7-17(9-10)12-11-15-5-8-16(11)6-2-1-4-14-12/h1,4-5,8,10H,2-3,6-7,9,13H2. The number of hydrogen-bond acceptors (Lipinski definition) is 4. The molecule has 3 heterocycles. The van der Waals surface area contributed by atoms with E-state index in [0.717, 1.165) is 44.1 Å². The van der Waals surface area contributed by atoms with Gasteiger partial charge in [0.25, 0.3) is 0 Å². The monoisotopic (exact) mass is 231 g/mol. The Morgan fingerprint density at radius 3 is 3.12 bits per heavy atom. The third-order valence-corrected chi connectivity index (χ3v) is 3.28. The summed E-state index contributed by atoms with van der Waals surface area (Å²) in [4.78, 5) is 11.2. The van der Waals surface area contributed by atoms with E-state index in [1.54, 1.807) is 0 Å². The van der Waals surface area contributed by atoms with Crippen molar-refractivity contribution in [3.05, 3.63) is 30.5 Å². The van der Waals surface area contributed by atoms with E-state index in [1.807, 2.05) is 18.6 Å². The van der Waals surface area contributed by atoms with Crippen molar-refractivity contribution < 1.29 is 0 Å². The van der Waals surface area contributed by atoms with E-state index >= 15 is 0 Å². The average molecular weight is 231 g/mol. The van der Waals surface area contributed by atoms with Crippen LogP contribution in [0.5, 0.6) is 0 Å². The summed E-state index contributed by atoms with van der Waals surface area (Å²) in [7, 11) is 0. The SMILES string of the molecule is NC1CCN(C2=NC=CCCn3ccnc32)C1. The highest BCUT2D eigenvalue weighted by Gasteiger charge is 2.25. The molecule has 0 radical (unpaired) electrons. The van der Waals surface area contributed by atoms with E-state index in [9.17, 15) is 0 Å². The van der Waals surface area contributed by atoms with Crippen LogP contribution in [0.4, 0.5) is 0 Å². The van der Waals surface area contributed by atoms with Crippen molar-refractivity contribution in [1.82, 2.24) is 14.5 Å². The van der Waals surface area contributed by atoms with Gasteiger partial charge < -0.3 is 15.2 Å². The average Bonchev–Trinajstić information content (AvgIpc) is 2.89. The van der Waals surface area contributed by atoms with Gasteiger partial charge in [-0.05, 0) is 12.8 Å². The quantitative estimate of drug-likeness (QED) is 0.710. The molecule has 1 aromatic rings. The highest BCUT2D eigenvalue weighted by Crippen LogP contribution is 2.14. The molecule has 1 atom stereocenters. The predicted molar refractivity (Wildman–Crippen MR) is 66.7 cm³/mol. The van der Waals surface area contributed by atoms with E-state index in [4.69, 9.17) is 5.73 Å². The molecule has 5 nitrogen and oxygen atoms in total. The molecule has 3 rings (SSSR count). The largest absolute Gasteiger partial charge is 0.352 e. The van der Waals surface area contributed by atoms with Crippen molar-refractivity contribution in [1.29, 1.82) is 0 Å². The number of allylic oxidation sites excluding steroid dienone is 1. The molecule has 0 aliphatic carbocycles. The van der Waals surface area contributed by atoms with Crippen LogP contribution in [0.15, 0.2) is 29.7 Å². The van der Waals surface area contributed by atoms with Gasteiger partial charge in [0.1, 0.15) is 0 Å². The van der Waals surface area contributed by atoms with Gasteiger partial charge in [0.15, 0.2) is 11.7 Å². The van der Waals surface area contributed by atoms with E-state index in [-0.39, 0.29) is 6.04 Å². The molecule has 0 aromatic carbocycles. The van der Waals surface area contributed by atoms with Crippen LogP contribution in [0.1, 0.15) is 18.7 Å². The number of aliphatic imine (C=N–C) groups is 1. The number of aryl methyl sites for hydroxylation is 1. The summed E-state index contributed by atoms with van der Waals surface area (Å²) in [5.41, 5.74) is 5.96. The number of fused-ring (bicyclic) bond motifs is 1. The zero-order chi connectivity index (χ0) is 11.7. The summed E-state index contributed by atoms with van der Waals surface area (Å²) in [6, 6.07) is 0.260. The second kappa shape index (κ2) is 4.33. The predicted octanol–water partition coefficient (Wildman–Crippen LogP) is 0.580. The first-order valence-corrected chi connectivity index (χ1v) is 6.09. The van der Waals surface area contributed by atoms with E-state index in [2.05, 4.69) is 25.5 Å². The zero-order valence-corrected chi connectivity index (χ0v) is 9.79. The Bertz CT molecular complexity index is 459. The Morgan fingerprint density at radius 2 is 2.29 bits per heavy atom. The lowest BCUT2D eigenvalue weighted by Gasteiger charge is -2.21. The molecular weight excluding hydrogens is 214 g/mol. The van der Waals surface area contributed by atoms with Gasteiger partial charge in [-0.1, -0.05) is 6.08 Å². The van der Waals surface area contributed by atoms with Crippen molar-refractivity contribution in [3.8, 4) is 0 Å². The normalized spacial score (nSPS) is 24.2. The second-order valence-corrected chi connectivity index (χ2v) is 4.57. The van der Waals surface area contributed by atoms with Crippen molar-refractivity contribution in [2.24, 2.45) is 10.7 Å². The van der Waals surface area contributed by atoms with Crippen LogP contribution in [-0.4, -0.2) is 39.4 Å².